The van der Waals surface area contributed by atoms with Crippen LogP contribution in [0.3, 0.4) is 0 Å². The van der Waals surface area contributed by atoms with Gasteiger partial charge in [-0.1, -0.05) is 47.7 Å². The Kier molecular flexibility index (Phi) is 7.46. The van der Waals surface area contributed by atoms with Gasteiger partial charge in [0.25, 0.3) is 5.91 Å². The van der Waals surface area contributed by atoms with Gasteiger partial charge in [-0.3, -0.25) is 9.59 Å². The molecule has 0 aliphatic heterocycles. The van der Waals surface area contributed by atoms with E-state index in [4.69, 9.17) is 0 Å². The molecule has 8 heteroatoms. The van der Waals surface area contributed by atoms with Crippen molar-refractivity contribution in [1.29, 1.82) is 0 Å². The number of benzene rings is 2. The second-order valence-corrected chi connectivity index (χ2v) is 8.24. The SMILES string of the molecule is CCn1c(CNC(=O)c2cccc(C)c2)nnc1SCC(=O)Nc1c(C)cccc1C. The first kappa shape index (κ1) is 22.6. The molecule has 0 aliphatic carbocycles. The van der Waals surface area contributed by atoms with Crippen LogP contribution in [0.25, 0.3) is 0 Å². The Hall–Kier alpha value is -3.13. The van der Waals surface area contributed by atoms with Gasteiger partial charge in [0, 0.05) is 17.8 Å². The molecule has 0 bridgehead atoms. The molecule has 162 valence electrons. The Morgan fingerprint density at radius 3 is 2.42 bits per heavy atom. The lowest BCUT2D eigenvalue weighted by Gasteiger charge is -2.11. The number of rotatable bonds is 8. The van der Waals surface area contributed by atoms with Crippen molar-refractivity contribution >= 4 is 29.3 Å². The molecule has 0 radical (unpaired) electrons. The van der Waals surface area contributed by atoms with E-state index in [2.05, 4.69) is 20.8 Å². The number of carbonyl (C=O) groups is 2. The number of para-hydroxylation sites is 1. The highest BCUT2D eigenvalue weighted by atomic mass is 32.2. The second-order valence-electron chi connectivity index (χ2n) is 7.30. The maximum Gasteiger partial charge on any atom is 0.251 e. The van der Waals surface area contributed by atoms with Gasteiger partial charge in [-0.25, -0.2) is 0 Å². The summed E-state index contributed by atoms with van der Waals surface area (Å²) in [5.74, 6) is 0.627. The van der Waals surface area contributed by atoms with Crippen LogP contribution in [-0.2, 0) is 17.9 Å². The number of hydrogen-bond donors (Lipinski definition) is 2. The lowest BCUT2D eigenvalue weighted by molar-refractivity contribution is -0.113. The van der Waals surface area contributed by atoms with Crippen LogP contribution in [0.15, 0.2) is 47.6 Å². The second kappa shape index (κ2) is 10.3. The Morgan fingerprint density at radius 1 is 1.03 bits per heavy atom. The summed E-state index contributed by atoms with van der Waals surface area (Å²) in [5.41, 5.74) is 4.55. The summed E-state index contributed by atoms with van der Waals surface area (Å²) in [6.07, 6.45) is 0. The summed E-state index contributed by atoms with van der Waals surface area (Å²) in [6, 6.07) is 13.3. The number of aromatic nitrogens is 3. The van der Waals surface area contributed by atoms with Crippen LogP contribution in [0.2, 0.25) is 0 Å². The van der Waals surface area contributed by atoms with Crippen molar-refractivity contribution in [3.63, 3.8) is 0 Å². The zero-order valence-corrected chi connectivity index (χ0v) is 19.0. The number of anilines is 1. The Balaban J connectivity index is 1.59. The average Bonchev–Trinajstić information content (AvgIpc) is 3.15. The van der Waals surface area contributed by atoms with Gasteiger partial charge in [0.15, 0.2) is 11.0 Å². The molecule has 0 saturated carbocycles. The average molecular weight is 438 g/mol. The van der Waals surface area contributed by atoms with Gasteiger partial charge >= 0.3 is 0 Å². The molecule has 2 amide bonds. The quantitative estimate of drug-likeness (QED) is 0.522. The molecule has 1 aromatic heterocycles. The highest BCUT2D eigenvalue weighted by molar-refractivity contribution is 7.99. The first-order chi connectivity index (χ1) is 14.9. The highest BCUT2D eigenvalue weighted by Crippen LogP contribution is 2.21. The Labute approximate surface area is 186 Å². The number of amides is 2. The third kappa shape index (κ3) is 5.73. The van der Waals surface area contributed by atoms with Gasteiger partial charge in [0.05, 0.1) is 12.3 Å². The van der Waals surface area contributed by atoms with E-state index in [9.17, 15) is 9.59 Å². The molecule has 1 heterocycles. The minimum Gasteiger partial charge on any atom is -0.345 e. The van der Waals surface area contributed by atoms with Gasteiger partial charge in [0.2, 0.25) is 5.91 Å². The molecule has 0 unspecified atom stereocenters. The van der Waals surface area contributed by atoms with E-state index in [0.717, 1.165) is 22.4 Å². The maximum atomic E-state index is 12.4. The Morgan fingerprint density at radius 2 is 1.74 bits per heavy atom. The van der Waals surface area contributed by atoms with Crippen molar-refractivity contribution in [2.75, 3.05) is 11.1 Å². The van der Waals surface area contributed by atoms with Gasteiger partial charge in [-0.05, 0) is 51.0 Å². The van der Waals surface area contributed by atoms with E-state index in [-0.39, 0.29) is 24.1 Å². The van der Waals surface area contributed by atoms with Crippen LogP contribution < -0.4 is 10.6 Å². The summed E-state index contributed by atoms with van der Waals surface area (Å²) in [5, 5.41) is 14.9. The van der Waals surface area contributed by atoms with Crippen LogP contribution in [0.1, 0.15) is 39.8 Å². The molecule has 3 rings (SSSR count). The highest BCUT2D eigenvalue weighted by Gasteiger charge is 2.15. The summed E-state index contributed by atoms with van der Waals surface area (Å²) in [6.45, 7) is 8.79. The van der Waals surface area contributed by atoms with Crippen LogP contribution in [0.4, 0.5) is 5.69 Å². The predicted octanol–water partition coefficient (Wildman–Crippen LogP) is 3.88. The molecule has 0 fully saturated rings. The number of nitrogens with zero attached hydrogens (tertiary/aromatic N) is 3. The predicted molar refractivity (Wildman–Crippen MR) is 123 cm³/mol. The molecule has 7 nitrogen and oxygen atoms in total. The minimum absolute atomic E-state index is 0.0950. The lowest BCUT2D eigenvalue weighted by atomic mass is 10.1. The van der Waals surface area contributed by atoms with Gasteiger partial charge in [-0.2, -0.15) is 0 Å². The van der Waals surface area contributed by atoms with E-state index in [1.165, 1.54) is 11.8 Å². The minimum atomic E-state index is -0.156. The molecule has 2 N–H and O–H groups in total. The van der Waals surface area contributed by atoms with Crippen LogP contribution >= 0.6 is 11.8 Å². The largest absolute Gasteiger partial charge is 0.345 e. The fourth-order valence-electron chi connectivity index (χ4n) is 3.24. The third-order valence-electron chi connectivity index (χ3n) is 4.87. The topological polar surface area (TPSA) is 88.9 Å². The molecule has 2 aromatic carbocycles. The van der Waals surface area contributed by atoms with E-state index in [1.807, 2.05) is 68.7 Å². The first-order valence-electron chi connectivity index (χ1n) is 10.1. The van der Waals surface area contributed by atoms with E-state index in [1.54, 1.807) is 6.07 Å². The molecule has 0 atom stereocenters. The number of hydrogen-bond acceptors (Lipinski definition) is 5. The van der Waals surface area contributed by atoms with E-state index >= 15 is 0 Å². The van der Waals surface area contributed by atoms with Crippen molar-refractivity contribution in [3.8, 4) is 0 Å². The van der Waals surface area contributed by atoms with Crippen molar-refractivity contribution in [1.82, 2.24) is 20.1 Å². The fourth-order valence-corrected chi connectivity index (χ4v) is 4.06. The van der Waals surface area contributed by atoms with Crippen LogP contribution in [-0.4, -0.2) is 32.3 Å². The van der Waals surface area contributed by atoms with Crippen molar-refractivity contribution < 1.29 is 9.59 Å². The Bertz CT molecular complexity index is 1070. The molecule has 0 saturated heterocycles. The summed E-state index contributed by atoms with van der Waals surface area (Å²) >= 11 is 1.33. The molecule has 0 aliphatic rings. The van der Waals surface area contributed by atoms with Crippen molar-refractivity contribution in [3.05, 3.63) is 70.5 Å². The van der Waals surface area contributed by atoms with E-state index in [0.29, 0.717) is 23.1 Å². The number of thioether (sulfide) groups is 1. The van der Waals surface area contributed by atoms with Gasteiger partial charge in [-0.15, -0.1) is 10.2 Å². The normalized spacial score (nSPS) is 10.7. The first-order valence-corrected chi connectivity index (χ1v) is 11.1. The number of aryl methyl sites for hydroxylation is 3. The zero-order chi connectivity index (χ0) is 22.4. The summed E-state index contributed by atoms with van der Waals surface area (Å²) < 4.78 is 1.91. The number of carbonyl (C=O) groups excluding carboxylic acids is 2. The standard InChI is InChI=1S/C23H27N5O2S/c1-5-28-19(13-24-22(30)18-11-6-8-15(2)12-18)26-27-23(28)31-14-20(29)25-21-16(3)9-7-10-17(21)4/h6-12H,5,13-14H2,1-4H3,(H,24,30)(H,25,29). The van der Waals surface area contributed by atoms with Crippen molar-refractivity contribution in [2.45, 2.75) is 45.9 Å². The maximum absolute atomic E-state index is 12.4. The molecular formula is C23H27N5O2S. The number of nitrogens with one attached hydrogen (secondary N) is 2. The molecule has 31 heavy (non-hydrogen) atoms. The summed E-state index contributed by atoms with van der Waals surface area (Å²) in [4.78, 5) is 24.8. The zero-order valence-electron chi connectivity index (χ0n) is 18.2. The molecule has 3 aromatic rings. The van der Waals surface area contributed by atoms with Crippen molar-refractivity contribution in [2.24, 2.45) is 0 Å². The smallest absolute Gasteiger partial charge is 0.251 e. The monoisotopic (exact) mass is 437 g/mol. The van der Waals surface area contributed by atoms with Crippen LogP contribution in [0.5, 0.6) is 0 Å². The van der Waals surface area contributed by atoms with Gasteiger partial charge in [0.1, 0.15) is 0 Å². The summed E-state index contributed by atoms with van der Waals surface area (Å²) in [7, 11) is 0. The third-order valence-corrected chi connectivity index (χ3v) is 5.84. The van der Waals surface area contributed by atoms with Gasteiger partial charge < -0.3 is 15.2 Å². The van der Waals surface area contributed by atoms with E-state index < -0.39 is 0 Å². The molecular weight excluding hydrogens is 410 g/mol. The lowest BCUT2D eigenvalue weighted by Crippen LogP contribution is -2.25. The van der Waals surface area contributed by atoms with Crippen LogP contribution in [0, 0.1) is 20.8 Å². The molecule has 0 spiro atoms. The fraction of sp³-hybridized carbons (Fsp3) is 0.304.